The van der Waals surface area contributed by atoms with Gasteiger partial charge in [0.2, 0.25) is 0 Å². The lowest BCUT2D eigenvalue weighted by Crippen LogP contribution is -2.42. The van der Waals surface area contributed by atoms with Crippen LogP contribution in [0.2, 0.25) is 0 Å². The lowest BCUT2D eigenvalue weighted by Gasteiger charge is -2.28. The second kappa shape index (κ2) is 38.4. The van der Waals surface area contributed by atoms with Crippen molar-refractivity contribution in [3.63, 3.8) is 0 Å². The molecule has 7 amide bonds. The van der Waals surface area contributed by atoms with E-state index in [0.29, 0.717) is 67.7 Å². The van der Waals surface area contributed by atoms with Crippen molar-refractivity contribution in [3.8, 4) is 78.8 Å². The van der Waals surface area contributed by atoms with Crippen molar-refractivity contribution in [2.75, 3.05) is 47.5 Å². The largest absolute Gasteiger partial charge is 0.488 e. The number of amides is 7. The Balaban J connectivity index is 0.000000163. The first-order valence-corrected chi connectivity index (χ1v) is 44.6. The van der Waals surface area contributed by atoms with Crippen LogP contribution in [0.5, 0.6) is 11.5 Å². The maximum absolute atomic E-state index is 14.0. The van der Waals surface area contributed by atoms with Crippen LogP contribution in [-0.2, 0) is 51.3 Å². The summed E-state index contributed by atoms with van der Waals surface area (Å²) in [7, 11) is 3.74. The van der Waals surface area contributed by atoms with Gasteiger partial charge in [-0.25, -0.2) is 48.7 Å². The highest BCUT2D eigenvalue weighted by Gasteiger charge is 2.42. The molecule has 19 rings (SSSR count). The zero-order valence-corrected chi connectivity index (χ0v) is 75.3. The predicted molar refractivity (Wildman–Crippen MR) is 497 cm³/mol. The number of imidazole rings is 4. The number of carbonyl (C=O) groups excluding carboxylic acids is 7. The van der Waals surface area contributed by atoms with Crippen LogP contribution in [0.3, 0.4) is 0 Å². The highest BCUT2D eigenvalue weighted by atomic mass is 16.6. The van der Waals surface area contributed by atoms with E-state index in [4.69, 9.17) is 53.5 Å². The molecule has 684 valence electrons. The summed E-state index contributed by atoms with van der Waals surface area (Å²) in [5, 5.41) is 20.7. The number of aromatic nitrogens is 8. The van der Waals surface area contributed by atoms with Crippen molar-refractivity contribution in [1.29, 1.82) is 0 Å². The second-order valence-corrected chi connectivity index (χ2v) is 35.6. The van der Waals surface area contributed by atoms with Gasteiger partial charge in [0.1, 0.15) is 71.3 Å². The Labute approximate surface area is 767 Å². The van der Waals surface area contributed by atoms with E-state index in [2.05, 4.69) is 138 Å². The average molecular weight is 1800 g/mol. The summed E-state index contributed by atoms with van der Waals surface area (Å²) < 4.78 is 38.3. The topological polar surface area (TPSA) is 385 Å². The van der Waals surface area contributed by atoms with Crippen LogP contribution in [0.25, 0.3) is 88.8 Å². The maximum Gasteiger partial charge on any atom is 0.410 e. The molecule has 4 saturated heterocycles. The maximum atomic E-state index is 14.0. The van der Waals surface area contributed by atoms with Gasteiger partial charge in [0.05, 0.1) is 93.1 Å². The number of carbonyl (C=O) groups is 8. The molecule has 0 unspecified atom stereocenters. The van der Waals surface area contributed by atoms with Crippen molar-refractivity contribution >= 4 is 69.8 Å². The molecule has 7 atom stereocenters. The summed E-state index contributed by atoms with van der Waals surface area (Å²) in [5.74, 6) is 3.05. The number of carboxylic acid groups (broad SMARTS) is 1. The van der Waals surface area contributed by atoms with Gasteiger partial charge in [-0.3, -0.25) is 19.4 Å². The van der Waals surface area contributed by atoms with Gasteiger partial charge in [-0.05, 0) is 190 Å². The monoisotopic (exact) mass is 1800 g/mol. The fourth-order valence-corrected chi connectivity index (χ4v) is 18.3. The number of hydrogen-bond donors (Lipinski definition) is 8. The number of benzene rings is 9. The summed E-state index contributed by atoms with van der Waals surface area (Å²) in [6.07, 6.45) is 11.2. The number of aromatic amines is 4. The molecule has 4 aromatic heterocycles. The van der Waals surface area contributed by atoms with Crippen LogP contribution in [0.4, 0.5) is 24.0 Å². The number of hydrogen-bond acceptors (Lipinski definition) is 19. The van der Waals surface area contributed by atoms with Gasteiger partial charge >= 0.3 is 36.4 Å². The smallest absolute Gasteiger partial charge is 0.410 e. The van der Waals surface area contributed by atoms with E-state index in [1.54, 1.807) is 62.3 Å². The number of likely N-dealkylation sites (tertiary alicyclic amines) is 4. The molecule has 9 aromatic carbocycles. The number of carboxylic acids is 1. The minimum Gasteiger partial charge on any atom is -0.488 e. The van der Waals surface area contributed by atoms with E-state index in [9.17, 15) is 38.4 Å². The van der Waals surface area contributed by atoms with Gasteiger partial charge in [0, 0.05) is 59.2 Å². The Morgan fingerprint density at radius 3 is 1.02 bits per heavy atom. The van der Waals surface area contributed by atoms with Gasteiger partial charge in [-0.2, -0.15) is 0 Å². The first kappa shape index (κ1) is 89.7. The molecule has 31 nitrogen and oxygen atoms in total. The van der Waals surface area contributed by atoms with Gasteiger partial charge in [-0.15, -0.1) is 0 Å². The number of nitrogens with zero attached hydrogens (tertiary/aromatic N) is 8. The van der Waals surface area contributed by atoms with E-state index in [0.717, 1.165) is 174 Å². The zero-order valence-electron chi connectivity index (χ0n) is 75.3. The second-order valence-electron chi connectivity index (χ2n) is 35.6. The molecule has 133 heavy (non-hydrogen) atoms. The number of alkyl carbamates (subject to hydrolysis) is 3. The summed E-state index contributed by atoms with van der Waals surface area (Å²) in [6, 6.07) is 56.9. The van der Waals surface area contributed by atoms with E-state index in [1.165, 1.54) is 21.3 Å². The zero-order chi connectivity index (χ0) is 92.9. The summed E-state index contributed by atoms with van der Waals surface area (Å²) in [4.78, 5) is 140. The molecule has 10 heterocycles. The van der Waals surface area contributed by atoms with Crippen molar-refractivity contribution in [3.05, 3.63) is 264 Å². The third-order valence-electron chi connectivity index (χ3n) is 24.7. The Kier molecular flexibility index (Phi) is 25.9. The molecule has 0 radical (unpaired) electrons. The Bertz CT molecular complexity index is 6520. The molecule has 0 saturated carbocycles. The van der Waals surface area contributed by atoms with Crippen molar-refractivity contribution < 1.29 is 76.6 Å². The molecule has 6 aliphatic rings. The van der Waals surface area contributed by atoms with Crippen LogP contribution >= 0.6 is 0 Å². The van der Waals surface area contributed by atoms with Gasteiger partial charge in [0.25, 0.3) is 11.8 Å². The molecule has 13 aromatic rings. The van der Waals surface area contributed by atoms with Crippen LogP contribution < -0.4 is 25.4 Å². The first-order chi connectivity index (χ1) is 64.2. The predicted octanol–water partition coefficient (Wildman–Crippen LogP) is 19.2. The normalized spacial score (nSPS) is 17.2. The minimum atomic E-state index is -1.13. The lowest BCUT2D eigenvalue weighted by molar-refractivity contribution is -0.139. The lowest BCUT2D eigenvalue weighted by atomic mass is 9.92. The number of H-pyrrole nitrogens is 4. The third kappa shape index (κ3) is 19.5. The summed E-state index contributed by atoms with van der Waals surface area (Å²) in [5.41, 5.74) is 14.6. The highest BCUT2D eigenvalue weighted by molar-refractivity contribution is 6.00. The van der Waals surface area contributed by atoms with E-state index >= 15 is 0 Å². The number of methoxy groups -OCH3 is 3. The van der Waals surface area contributed by atoms with Crippen molar-refractivity contribution in [2.24, 2.45) is 0 Å². The van der Waals surface area contributed by atoms with Crippen molar-refractivity contribution in [2.45, 2.75) is 160 Å². The number of ether oxygens (including phenoxy) is 7. The molecular formula is C102H105N15O16. The Hall–Kier alpha value is -15.3. The first-order valence-electron chi connectivity index (χ1n) is 44.6. The van der Waals surface area contributed by atoms with Crippen LogP contribution in [0.1, 0.15) is 186 Å². The summed E-state index contributed by atoms with van der Waals surface area (Å²) in [6.45, 7) is 14.5. The van der Waals surface area contributed by atoms with Gasteiger partial charge in [-0.1, -0.05) is 152 Å². The van der Waals surface area contributed by atoms with Crippen LogP contribution in [-0.4, -0.2) is 172 Å². The molecule has 0 bridgehead atoms. The third-order valence-corrected chi connectivity index (χ3v) is 24.7. The fourth-order valence-electron chi connectivity index (χ4n) is 18.3. The van der Waals surface area contributed by atoms with Crippen molar-refractivity contribution in [1.82, 2.24) is 75.4 Å². The van der Waals surface area contributed by atoms with E-state index in [1.807, 2.05) is 115 Å². The van der Waals surface area contributed by atoms with Gasteiger partial charge in [0.15, 0.2) is 6.04 Å². The van der Waals surface area contributed by atoms with Gasteiger partial charge < -0.3 is 84.0 Å². The molecule has 0 spiro atoms. The standard InChI is InChI=1S/C51H48N8O7.C41H46N6O5.C10H11NO4/c1-64-50(62)56-43(30-11-5-3-6-12-30)48(60)58-23-9-15-41(58)46-52-27-39(54-46)33-19-21-37-32(25-33)17-22-38-36-20-18-34(26-35(36)29-66-45(37)38)40-28-53-47(55-40)42-16-10-24-59(42)49(61)44(57-51(63)65-2)31-13-7-4-8-14-31;1-40(2,3)51-38(48)46-17-7-9-33(46)36-42-21-31(44-36)25-13-15-29-24(19-25)11-16-30-28-14-12-26(20-27(28)23-50-35(29)30)32-22-43-37(45-32)34-10-8-18-47(34)39(49)52-41(4,5)6;1-15-10(14)11-8(9(12)13)7-5-3-2-4-6-7/h3-8,11-14,17-22,25-28,41-44H,9-10,15-16,23-24,29H2,1-2H3,(H,52,54)(H,53,55)(H,56,62)(H,57,63);11-16,19-22,33-34H,7-10,17-18,23H2,1-6H3,(H,42,44)(H,43,45);2-6,8H,1H3,(H,11,14)(H,12,13)/t41-,42-,43+,44+;33-,34-;8-/m001/s1. The van der Waals surface area contributed by atoms with Crippen LogP contribution in [0, 0.1) is 0 Å². The molecule has 4 fully saturated rings. The van der Waals surface area contributed by atoms with E-state index in [-0.39, 0.29) is 48.2 Å². The molecule has 6 aliphatic heterocycles. The van der Waals surface area contributed by atoms with Crippen LogP contribution in [0.15, 0.2) is 213 Å². The number of fused-ring (bicyclic) bond motifs is 10. The average Bonchev–Trinajstić information content (AvgIpc) is 1.41. The van der Waals surface area contributed by atoms with E-state index < -0.39 is 53.6 Å². The molecule has 8 N–H and O–H groups in total. The Morgan fingerprint density at radius 1 is 0.383 bits per heavy atom. The summed E-state index contributed by atoms with van der Waals surface area (Å²) >= 11 is 0. The molecular weight excluding hydrogens is 1690 g/mol. The molecule has 0 aliphatic carbocycles. The quantitative estimate of drug-likeness (QED) is 0.0393. The number of rotatable bonds is 17. The Morgan fingerprint density at radius 2 is 0.684 bits per heavy atom. The minimum absolute atomic E-state index is 0.137. The highest BCUT2D eigenvalue weighted by Crippen LogP contribution is 2.48. The molecule has 31 heteroatoms. The fraction of sp³-hybridized carbons (Fsp3) is 0.314. The number of aliphatic carboxylic acids is 1. The number of nitrogens with one attached hydrogen (secondary N) is 7. The SMILES string of the molecule is CC(C)(C)OC(=O)N1CCC[C@H]1c1ncc(-c2ccc3c(c2)COc2c-3ccc3cc(-c4cnc([C@@H]5CCCN5C(=O)OC(C)(C)C)[nH]4)ccc23)[nH]1.COC(=O)N[C@@H](C(=O)N1CCC[C@H]1c1ncc(-c2ccc3c(c2)COc2c-3ccc3cc(-c4cnc([C@@H]5CCCN5C(=O)[C@H](NC(=O)OC)c5ccccc5)[nH]4)ccc23)[nH]1)c1ccccc1.COC(=O)N[C@@H](C(=O)O)c1ccccc1.